The first-order chi connectivity index (χ1) is 9.83. The summed E-state index contributed by atoms with van der Waals surface area (Å²) in [5, 5.41) is 0. The fourth-order valence-corrected chi connectivity index (χ4v) is 2.47. The molecule has 1 aliphatic carbocycles. The molecule has 114 valence electrons. The molecule has 2 aliphatic rings. The second-order valence-corrected chi connectivity index (χ2v) is 4.85. The lowest BCUT2D eigenvalue weighted by Gasteiger charge is -2.36. The molecule has 1 aliphatic heterocycles. The number of benzene rings is 1. The van der Waals surface area contributed by atoms with E-state index in [0.717, 1.165) is 24.8 Å². The van der Waals surface area contributed by atoms with E-state index in [0.29, 0.717) is 0 Å². The Morgan fingerprint density at radius 3 is 1.80 bits per heavy atom. The zero-order valence-electron chi connectivity index (χ0n) is 13.6. The van der Waals surface area contributed by atoms with Gasteiger partial charge in [-0.3, -0.25) is 4.90 Å². The van der Waals surface area contributed by atoms with Gasteiger partial charge in [0.15, 0.2) is 0 Å². The zero-order valence-corrected chi connectivity index (χ0v) is 13.6. The summed E-state index contributed by atoms with van der Waals surface area (Å²) in [6, 6.07) is 9.14. The number of nitrogens with zero attached hydrogens (tertiary/aromatic N) is 2. The lowest BCUT2D eigenvalue weighted by molar-refractivity contribution is 0.248. The first kappa shape index (κ1) is 16.8. The van der Waals surface area contributed by atoms with E-state index in [1.807, 2.05) is 39.8 Å². The highest BCUT2D eigenvalue weighted by molar-refractivity contribution is 5.53. The fraction of sp³-hybridized carbons (Fsp3) is 0.647. The van der Waals surface area contributed by atoms with Gasteiger partial charge in [0.25, 0.3) is 0 Å². The first-order valence-corrected chi connectivity index (χ1v) is 8.17. The highest BCUT2D eigenvalue weighted by atomic mass is 15.3. The van der Waals surface area contributed by atoms with E-state index in [4.69, 9.17) is 5.73 Å². The minimum Gasteiger partial charge on any atom is -0.399 e. The third kappa shape index (κ3) is 4.71. The van der Waals surface area contributed by atoms with Gasteiger partial charge in [-0.1, -0.05) is 27.7 Å². The summed E-state index contributed by atoms with van der Waals surface area (Å²) in [4.78, 5) is 5.09. The topological polar surface area (TPSA) is 32.5 Å². The van der Waals surface area contributed by atoms with Crippen molar-refractivity contribution in [2.45, 2.75) is 46.6 Å². The first-order valence-electron chi connectivity index (χ1n) is 8.17. The number of hydrogen-bond donors (Lipinski definition) is 1. The number of piperazine rings is 1. The fourth-order valence-electron chi connectivity index (χ4n) is 2.47. The van der Waals surface area contributed by atoms with Crippen LogP contribution in [-0.2, 0) is 0 Å². The van der Waals surface area contributed by atoms with Crippen molar-refractivity contribution in [2.24, 2.45) is 0 Å². The van der Waals surface area contributed by atoms with Crippen LogP contribution < -0.4 is 10.6 Å². The van der Waals surface area contributed by atoms with Crippen LogP contribution in [0, 0.1) is 0 Å². The van der Waals surface area contributed by atoms with Gasteiger partial charge in [-0.2, -0.15) is 0 Å². The molecule has 2 N–H and O–H groups in total. The Labute approximate surface area is 124 Å². The van der Waals surface area contributed by atoms with E-state index in [1.165, 1.54) is 31.6 Å². The zero-order chi connectivity index (χ0) is 15.0. The summed E-state index contributed by atoms with van der Waals surface area (Å²) in [7, 11) is 0. The molecule has 0 unspecified atom stereocenters. The minimum absolute atomic E-state index is 0.848. The van der Waals surface area contributed by atoms with E-state index in [2.05, 4.69) is 21.9 Å². The molecule has 1 aromatic rings. The Kier molecular flexibility index (Phi) is 7.45. The summed E-state index contributed by atoms with van der Waals surface area (Å²) in [5.74, 6) is 0. The Morgan fingerprint density at radius 1 is 0.850 bits per heavy atom. The molecule has 2 fully saturated rings. The predicted octanol–water partition coefficient (Wildman–Crippen LogP) is 3.61. The quantitative estimate of drug-likeness (QED) is 0.838. The Morgan fingerprint density at radius 2 is 1.35 bits per heavy atom. The van der Waals surface area contributed by atoms with Gasteiger partial charge in [-0.15, -0.1) is 0 Å². The van der Waals surface area contributed by atoms with Crippen LogP contribution in [-0.4, -0.2) is 37.1 Å². The van der Waals surface area contributed by atoms with Gasteiger partial charge >= 0.3 is 0 Å². The van der Waals surface area contributed by atoms with Crippen molar-refractivity contribution in [3.63, 3.8) is 0 Å². The molecule has 3 rings (SSSR count). The minimum atomic E-state index is 0.848. The number of hydrogen-bond acceptors (Lipinski definition) is 3. The lowest BCUT2D eigenvalue weighted by Crippen LogP contribution is -2.47. The molecule has 1 aromatic carbocycles. The molecule has 1 saturated heterocycles. The van der Waals surface area contributed by atoms with Crippen LogP contribution in [0.1, 0.15) is 40.5 Å². The molecule has 0 bridgehead atoms. The third-order valence-corrected chi connectivity index (χ3v) is 3.64. The average Bonchev–Trinajstić information content (AvgIpc) is 3.37. The van der Waals surface area contributed by atoms with Gasteiger partial charge in [0.2, 0.25) is 0 Å². The summed E-state index contributed by atoms with van der Waals surface area (Å²) in [6.07, 6.45) is 2.84. The number of rotatable bonds is 2. The van der Waals surface area contributed by atoms with Crippen molar-refractivity contribution < 1.29 is 0 Å². The standard InChI is InChI=1S/C13H19N3.2C2H6/c14-11-1-3-12(4-2-11)15-7-9-16(10-8-15)13-5-6-13;2*1-2/h1-4,13H,5-10,14H2;2*1-2H3. The molecule has 20 heavy (non-hydrogen) atoms. The maximum Gasteiger partial charge on any atom is 0.0368 e. The van der Waals surface area contributed by atoms with E-state index >= 15 is 0 Å². The molecule has 1 saturated carbocycles. The summed E-state index contributed by atoms with van der Waals surface area (Å²) in [6.45, 7) is 12.7. The van der Waals surface area contributed by atoms with Crippen molar-refractivity contribution in [1.29, 1.82) is 0 Å². The Hall–Kier alpha value is -1.22. The largest absolute Gasteiger partial charge is 0.399 e. The Balaban J connectivity index is 0.000000461. The maximum atomic E-state index is 5.70. The second kappa shape index (κ2) is 8.85. The van der Waals surface area contributed by atoms with Gasteiger partial charge in [0.1, 0.15) is 0 Å². The maximum absolute atomic E-state index is 5.70. The molecule has 0 aromatic heterocycles. The molecule has 3 nitrogen and oxygen atoms in total. The molecular formula is C17H31N3. The van der Waals surface area contributed by atoms with Crippen molar-refractivity contribution in [3.8, 4) is 0 Å². The molecular weight excluding hydrogens is 246 g/mol. The van der Waals surface area contributed by atoms with E-state index < -0.39 is 0 Å². The molecule has 0 radical (unpaired) electrons. The summed E-state index contributed by atoms with van der Waals surface area (Å²) in [5.41, 5.74) is 7.86. The van der Waals surface area contributed by atoms with Crippen LogP contribution >= 0.6 is 0 Å². The smallest absolute Gasteiger partial charge is 0.0368 e. The molecule has 0 spiro atoms. The SMILES string of the molecule is CC.CC.Nc1ccc(N2CCN(C3CC3)CC2)cc1. The van der Waals surface area contributed by atoms with Gasteiger partial charge < -0.3 is 10.6 Å². The monoisotopic (exact) mass is 277 g/mol. The highest BCUT2D eigenvalue weighted by Crippen LogP contribution is 2.28. The van der Waals surface area contributed by atoms with Crippen LogP contribution in [0.2, 0.25) is 0 Å². The molecule has 0 amide bonds. The number of nitrogens with two attached hydrogens (primary N) is 1. The molecule has 1 heterocycles. The predicted molar refractivity (Wildman–Crippen MR) is 90.4 cm³/mol. The molecule has 3 heteroatoms. The van der Waals surface area contributed by atoms with E-state index in [1.54, 1.807) is 0 Å². The van der Waals surface area contributed by atoms with Crippen LogP contribution in [0.25, 0.3) is 0 Å². The summed E-state index contributed by atoms with van der Waals surface area (Å²) >= 11 is 0. The molecule has 0 atom stereocenters. The number of nitrogen functional groups attached to an aromatic ring is 1. The second-order valence-electron chi connectivity index (χ2n) is 4.85. The van der Waals surface area contributed by atoms with Crippen molar-refractivity contribution in [3.05, 3.63) is 24.3 Å². The van der Waals surface area contributed by atoms with Gasteiger partial charge in [0.05, 0.1) is 0 Å². The highest BCUT2D eigenvalue weighted by Gasteiger charge is 2.31. The van der Waals surface area contributed by atoms with Crippen molar-refractivity contribution >= 4 is 11.4 Å². The summed E-state index contributed by atoms with van der Waals surface area (Å²) < 4.78 is 0. The lowest BCUT2D eigenvalue weighted by atomic mass is 10.2. The van der Waals surface area contributed by atoms with Gasteiger partial charge in [-0.25, -0.2) is 0 Å². The normalized spacial score (nSPS) is 18.5. The average molecular weight is 277 g/mol. The van der Waals surface area contributed by atoms with E-state index in [-0.39, 0.29) is 0 Å². The third-order valence-electron chi connectivity index (χ3n) is 3.64. The van der Waals surface area contributed by atoms with Gasteiger partial charge in [0, 0.05) is 43.6 Å². The van der Waals surface area contributed by atoms with Crippen molar-refractivity contribution in [2.75, 3.05) is 36.8 Å². The van der Waals surface area contributed by atoms with Crippen LogP contribution in [0.3, 0.4) is 0 Å². The van der Waals surface area contributed by atoms with Gasteiger partial charge in [-0.05, 0) is 37.1 Å². The van der Waals surface area contributed by atoms with Crippen molar-refractivity contribution in [1.82, 2.24) is 4.90 Å². The Bertz CT molecular complexity index is 349. The van der Waals surface area contributed by atoms with E-state index in [9.17, 15) is 0 Å². The van der Waals surface area contributed by atoms with Crippen LogP contribution in [0.5, 0.6) is 0 Å². The van der Waals surface area contributed by atoms with Crippen LogP contribution in [0.15, 0.2) is 24.3 Å². The van der Waals surface area contributed by atoms with Crippen LogP contribution in [0.4, 0.5) is 11.4 Å². The number of anilines is 2.